The number of aryl methyl sites for hydroxylation is 2. The van der Waals surface area contributed by atoms with Crippen molar-refractivity contribution in [3.63, 3.8) is 0 Å². The SMILES string of the molecule is CCN(Cc1cccc(C)n1)c1ccc(N)c(C)c1. The molecule has 2 rings (SSSR count). The number of benzene rings is 1. The molecule has 0 atom stereocenters. The number of nitrogen functional groups attached to an aromatic ring is 1. The van der Waals surface area contributed by atoms with Crippen LogP contribution in [0, 0.1) is 13.8 Å². The van der Waals surface area contributed by atoms with Gasteiger partial charge in [0.2, 0.25) is 0 Å². The Bertz CT molecular complexity index is 564. The standard InChI is InChI=1S/C16H21N3/c1-4-19(11-14-7-5-6-13(3)18-14)15-8-9-16(17)12(2)10-15/h5-10H,4,11,17H2,1-3H3. The molecule has 1 aromatic carbocycles. The first-order chi connectivity index (χ1) is 9.10. The van der Waals surface area contributed by atoms with Gasteiger partial charge in [-0.1, -0.05) is 6.07 Å². The van der Waals surface area contributed by atoms with E-state index in [0.29, 0.717) is 0 Å². The molecule has 0 aliphatic carbocycles. The predicted molar refractivity (Wildman–Crippen MR) is 81.3 cm³/mol. The highest BCUT2D eigenvalue weighted by atomic mass is 15.1. The summed E-state index contributed by atoms with van der Waals surface area (Å²) in [6.45, 7) is 7.98. The lowest BCUT2D eigenvalue weighted by molar-refractivity contribution is 0.805. The largest absolute Gasteiger partial charge is 0.399 e. The highest BCUT2D eigenvalue weighted by Crippen LogP contribution is 2.21. The first-order valence-electron chi connectivity index (χ1n) is 6.63. The van der Waals surface area contributed by atoms with Crippen LogP contribution < -0.4 is 10.6 Å². The zero-order chi connectivity index (χ0) is 13.8. The van der Waals surface area contributed by atoms with Crippen molar-refractivity contribution in [2.24, 2.45) is 0 Å². The Morgan fingerprint density at radius 1 is 1.16 bits per heavy atom. The fraction of sp³-hybridized carbons (Fsp3) is 0.312. The van der Waals surface area contributed by atoms with E-state index in [-0.39, 0.29) is 0 Å². The monoisotopic (exact) mass is 255 g/mol. The summed E-state index contributed by atoms with van der Waals surface area (Å²) in [7, 11) is 0. The Kier molecular flexibility index (Phi) is 4.05. The van der Waals surface area contributed by atoms with Gasteiger partial charge in [-0.15, -0.1) is 0 Å². The van der Waals surface area contributed by atoms with Crippen LogP contribution in [0.2, 0.25) is 0 Å². The number of pyridine rings is 1. The average Bonchev–Trinajstić information content (AvgIpc) is 2.39. The van der Waals surface area contributed by atoms with Crippen molar-refractivity contribution in [1.82, 2.24) is 4.98 Å². The summed E-state index contributed by atoms with van der Waals surface area (Å²) in [5.41, 5.74) is 11.2. The van der Waals surface area contributed by atoms with Crippen LogP contribution in [0.3, 0.4) is 0 Å². The molecular formula is C16H21N3. The van der Waals surface area contributed by atoms with Gasteiger partial charge in [-0.05, 0) is 56.7 Å². The maximum Gasteiger partial charge on any atom is 0.0602 e. The highest BCUT2D eigenvalue weighted by Gasteiger charge is 2.07. The third-order valence-electron chi connectivity index (χ3n) is 3.30. The quantitative estimate of drug-likeness (QED) is 0.852. The number of anilines is 2. The summed E-state index contributed by atoms with van der Waals surface area (Å²) in [4.78, 5) is 6.86. The number of nitrogens with two attached hydrogens (primary N) is 1. The van der Waals surface area contributed by atoms with Crippen molar-refractivity contribution in [3.8, 4) is 0 Å². The van der Waals surface area contributed by atoms with E-state index < -0.39 is 0 Å². The van der Waals surface area contributed by atoms with Crippen molar-refractivity contribution < 1.29 is 0 Å². The molecule has 0 spiro atoms. The van der Waals surface area contributed by atoms with Crippen LogP contribution in [-0.2, 0) is 6.54 Å². The first-order valence-corrected chi connectivity index (χ1v) is 6.63. The molecule has 0 unspecified atom stereocenters. The van der Waals surface area contributed by atoms with E-state index in [9.17, 15) is 0 Å². The van der Waals surface area contributed by atoms with Crippen molar-refractivity contribution in [2.45, 2.75) is 27.3 Å². The van der Waals surface area contributed by atoms with Crippen LogP contribution in [0.1, 0.15) is 23.9 Å². The van der Waals surface area contributed by atoms with Gasteiger partial charge in [0.15, 0.2) is 0 Å². The minimum absolute atomic E-state index is 0.821. The molecule has 3 nitrogen and oxygen atoms in total. The van der Waals surface area contributed by atoms with Crippen molar-refractivity contribution >= 4 is 11.4 Å². The van der Waals surface area contributed by atoms with Crippen LogP contribution >= 0.6 is 0 Å². The predicted octanol–water partition coefficient (Wildman–Crippen LogP) is 3.31. The number of aromatic nitrogens is 1. The smallest absolute Gasteiger partial charge is 0.0602 e. The molecule has 0 saturated carbocycles. The molecule has 0 saturated heterocycles. The summed E-state index contributed by atoms with van der Waals surface area (Å²) >= 11 is 0. The van der Waals surface area contributed by atoms with E-state index in [4.69, 9.17) is 5.73 Å². The number of hydrogen-bond acceptors (Lipinski definition) is 3. The van der Waals surface area contributed by atoms with Crippen LogP contribution in [0.25, 0.3) is 0 Å². The average molecular weight is 255 g/mol. The van der Waals surface area contributed by atoms with Gasteiger partial charge in [-0.3, -0.25) is 4.98 Å². The lowest BCUT2D eigenvalue weighted by Gasteiger charge is -2.23. The third kappa shape index (κ3) is 3.25. The summed E-state index contributed by atoms with van der Waals surface area (Å²) in [6, 6.07) is 12.3. The molecule has 2 N–H and O–H groups in total. The summed E-state index contributed by atoms with van der Waals surface area (Å²) in [5, 5.41) is 0. The topological polar surface area (TPSA) is 42.2 Å². The first kappa shape index (κ1) is 13.4. The number of rotatable bonds is 4. The molecule has 1 heterocycles. The van der Waals surface area contributed by atoms with Gasteiger partial charge < -0.3 is 10.6 Å². The van der Waals surface area contributed by atoms with Gasteiger partial charge in [-0.25, -0.2) is 0 Å². The van der Waals surface area contributed by atoms with Gasteiger partial charge in [0.1, 0.15) is 0 Å². The van der Waals surface area contributed by atoms with E-state index in [2.05, 4.69) is 41.1 Å². The van der Waals surface area contributed by atoms with Gasteiger partial charge >= 0.3 is 0 Å². The minimum atomic E-state index is 0.821. The minimum Gasteiger partial charge on any atom is -0.399 e. The summed E-state index contributed by atoms with van der Waals surface area (Å²) < 4.78 is 0. The van der Waals surface area contributed by atoms with Gasteiger partial charge in [0, 0.05) is 23.6 Å². The Morgan fingerprint density at radius 3 is 2.58 bits per heavy atom. The molecule has 0 bridgehead atoms. The Hall–Kier alpha value is -2.03. The molecule has 0 amide bonds. The zero-order valence-electron chi connectivity index (χ0n) is 11.9. The Morgan fingerprint density at radius 2 is 1.95 bits per heavy atom. The Labute approximate surface area is 115 Å². The summed E-state index contributed by atoms with van der Waals surface area (Å²) in [5.74, 6) is 0. The van der Waals surface area contributed by atoms with Crippen LogP contribution in [0.4, 0.5) is 11.4 Å². The van der Waals surface area contributed by atoms with Crippen LogP contribution in [0.5, 0.6) is 0 Å². The molecule has 0 aliphatic heterocycles. The second-order valence-electron chi connectivity index (χ2n) is 4.83. The maximum absolute atomic E-state index is 5.87. The lowest BCUT2D eigenvalue weighted by atomic mass is 10.1. The fourth-order valence-corrected chi connectivity index (χ4v) is 2.13. The van der Waals surface area contributed by atoms with Crippen molar-refractivity contribution in [2.75, 3.05) is 17.2 Å². The van der Waals surface area contributed by atoms with Gasteiger partial charge in [0.25, 0.3) is 0 Å². The number of hydrogen-bond donors (Lipinski definition) is 1. The zero-order valence-corrected chi connectivity index (χ0v) is 11.9. The van der Waals surface area contributed by atoms with Crippen molar-refractivity contribution in [3.05, 3.63) is 53.3 Å². The molecule has 0 fully saturated rings. The maximum atomic E-state index is 5.87. The second kappa shape index (κ2) is 5.74. The molecule has 2 aromatic rings. The van der Waals surface area contributed by atoms with Crippen molar-refractivity contribution in [1.29, 1.82) is 0 Å². The Balaban J connectivity index is 2.22. The molecule has 0 radical (unpaired) electrons. The highest BCUT2D eigenvalue weighted by molar-refractivity contribution is 5.58. The molecule has 1 aromatic heterocycles. The fourth-order valence-electron chi connectivity index (χ4n) is 2.13. The van der Waals surface area contributed by atoms with Gasteiger partial charge in [0.05, 0.1) is 12.2 Å². The van der Waals surface area contributed by atoms with Crippen LogP contribution in [0.15, 0.2) is 36.4 Å². The third-order valence-corrected chi connectivity index (χ3v) is 3.30. The molecule has 19 heavy (non-hydrogen) atoms. The molecule has 3 heteroatoms. The summed E-state index contributed by atoms with van der Waals surface area (Å²) in [6.07, 6.45) is 0. The number of nitrogens with zero attached hydrogens (tertiary/aromatic N) is 2. The van der Waals surface area contributed by atoms with E-state index >= 15 is 0 Å². The molecule has 100 valence electrons. The molecule has 0 aliphatic rings. The molecular weight excluding hydrogens is 234 g/mol. The second-order valence-corrected chi connectivity index (χ2v) is 4.83. The lowest BCUT2D eigenvalue weighted by Crippen LogP contribution is -2.22. The van der Waals surface area contributed by atoms with Gasteiger partial charge in [-0.2, -0.15) is 0 Å². The normalized spacial score (nSPS) is 10.5. The van der Waals surface area contributed by atoms with E-state index in [1.54, 1.807) is 0 Å². The van der Waals surface area contributed by atoms with E-state index in [1.165, 1.54) is 5.69 Å². The van der Waals surface area contributed by atoms with Crippen LogP contribution in [-0.4, -0.2) is 11.5 Å². The van der Waals surface area contributed by atoms with E-state index in [0.717, 1.165) is 35.7 Å². The van der Waals surface area contributed by atoms with E-state index in [1.807, 2.05) is 26.0 Å².